The van der Waals surface area contributed by atoms with Gasteiger partial charge in [0.15, 0.2) is 0 Å². The second kappa shape index (κ2) is 2.87. The zero-order valence-electron chi connectivity index (χ0n) is 5.89. The lowest BCUT2D eigenvalue weighted by molar-refractivity contribution is 0.0836. The average Bonchev–Trinajstić information content (AvgIpc) is 2.33. The molecular weight excluding hydrogens is 116 g/mol. The number of allylic oxidation sites excluding steroid dienone is 1. The van der Waals surface area contributed by atoms with Gasteiger partial charge in [0, 0.05) is 7.11 Å². The highest BCUT2D eigenvalue weighted by Gasteiger charge is 2.18. The summed E-state index contributed by atoms with van der Waals surface area (Å²) in [4.78, 5) is 0. The van der Waals surface area contributed by atoms with Crippen molar-refractivity contribution in [2.45, 2.75) is 18.9 Å². The van der Waals surface area contributed by atoms with Crippen LogP contribution < -0.4 is 0 Å². The lowest BCUT2D eigenvalue weighted by Gasteiger charge is -2.10. The molecule has 1 unspecified atom stereocenters. The molecule has 0 aromatic heterocycles. The maximum absolute atomic E-state index is 5.12. The molecule has 0 saturated heterocycles. The zero-order valence-corrected chi connectivity index (χ0v) is 5.89. The fourth-order valence-corrected chi connectivity index (χ4v) is 1.10. The maximum atomic E-state index is 5.12. The van der Waals surface area contributed by atoms with Crippen LogP contribution in [0.3, 0.4) is 0 Å². The highest BCUT2D eigenvalue weighted by Crippen LogP contribution is 2.20. The van der Waals surface area contributed by atoms with Crippen LogP contribution in [0, 0.1) is 0 Å². The number of hydrogen-bond acceptors (Lipinski definition) is 2. The van der Waals surface area contributed by atoms with Crippen LogP contribution in [0.15, 0.2) is 11.8 Å². The van der Waals surface area contributed by atoms with Gasteiger partial charge in [0.25, 0.3) is 0 Å². The van der Waals surface area contributed by atoms with E-state index in [0.717, 1.165) is 18.6 Å². The third-order valence-electron chi connectivity index (χ3n) is 1.61. The Bertz CT molecular complexity index is 118. The van der Waals surface area contributed by atoms with E-state index >= 15 is 0 Å². The third-order valence-corrected chi connectivity index (χ3v) is 1.61. The van der Waals surface area contributed by atoms with Gasteiger partial charge in [-0.15, -0.1) is 0 Å². The summed E-state index contributed by atoms with van der Waals surface area (Å²) >= 11 is 0. The predicted molar refractivity (Wildman–Crippen MR) is 35.1 cm³/mol. The molecule has 0 spiro atoms. The van der Waals surface area contributed by atoms with Crippen molar-refractivity contribution in [1.82, 2.24) is 0 Å². The summed E-state index contributed by atoms with van der Waals surface area (Å²) < 4.78 is 10.2. The molecule has 0 aliphatic heterocycles. The molecule has 1 atom stereocenters. The molecule has 1 aliphatic rings. The van der Waals surface area contributed by atoms with Crippen LogP contribution >= 0.6 is 0 Å². The molecule has 2 nitrogen and oxygen atoms in total. The van der Waals surface area contributed by atoms with E-state index < -0.39 is 0 Å². The molecule has 0 aromatic carbocycles. The summed E-state index contributed by atoms with van der Waals surface area (Å²) in [6.07, 6.45) is 4.45. The van der Waals surface area contributed by atoms with E-state index in [1.807, 2.05) is 0 Å². The van der Waals surface area contributed by atoms with E-state index in [9.17, 15) is 0 Å². The minimum Gasteiger partial charge on any atom is -0.499 e. The first-order valence-corrected chi connectivity index (χ1v) is 3.15. The highest BCUT2D eigenvalue weighted by atomic mass is 16.5. The molecule has 0 N–H and O–H groups in total. The van der Waals surface area contributed by atoms with Gasteiger partial charge in [-0.1, -0.05) is 0 Å². The fraction of sp³-hybridized carbons (Fsp3) is 0.714. The lowest BCUT2D eigenvalue weighted by atomic mass is 10.3. The second-order valence-electron chi connectivity index (χ2n) is 2.11. The Morgan fingerprint density at radius 1 is 1.56 bits per heavy atom. The van der Waals surface area contributed by atoms with Gasteiger partial charge in [0.05, 0.1) is 7.11 Å². The van der Waals surface area contributed by atoms with E-state index in [4.69, 9.17) is 9.47 Å². The topological polar surface area (TPSA) is 18.5 Å². The van der Waals surface area contributed by atoms with Crippen molar-refractivity contribution in [3.05, 3.63) is 11.8 Å². The molecule has 0 aromatic rings. The van der Waals surface area contributed by atoms with Gasteiger partial charge in [-0.3, -0.25) is 0 Å². The van der Waals surface area contributed by atoms with Crippen LogP contribution in [0.5, 0.6) is 0 Å². The molecule has 0 radical (unpaired) electrons. The average molecular weight is 128 g/mol. The molecule has 0 bridgehead atoms. The van der Waals surface area contributed by atoms with Crippen LogP contribution in [-0.2, 0) is 9.47 Å². The molecule has 52 valence electrons. The first kappa shape index (κ1) is 6.62. The molecule has 2 heteroatoms. The molecule has 0 heterocycles. The summed E-state index contributed by atoms with van der Waals surface area (Å²) in [5.74, 6) is 0.984. The van der Waals surface area contributed by atoms with Crippen LogP contribution in [0.4, 0.5) is 0 Å². The molecular formula is C7H12O2. The van der Waals surface area contributed by atoms with Crippen molar-refractivity contribution >= 4 is 0 Å². The number of hydrogen-bond donors (Lipinski definition) is 0. The summed E-state index contributed by atoms with van der Waals surface area (Å²) in [6, 6.07) is 0. The van der Waals surface area contributed by atoms with Crippen LogP contribution in [-0.4, -0.2) is 20.3 Å². The van der Waals surface area contributed by atoms with Crippen molar-refractivity contribution in [2.75, 3.05) is 14.2 Å². The predicted octanol–water partition coefficient (Wildman–Crippen LogP) is 1.33. The summed E-state index contributed by atoms with van der Waals surface area (Å²) in [6.45, 7) is 0. The van der Waals surface area contributed by atoms with Crippen molar-refractivity contribution in [3.63, 3.8) is 0 Å². The van der Waals surface area contributed by atoms with Crippen molar-refractivity contribution in [1.29, 1.82) is 0 Å². The molecule has 1 aliphatic carbocycles. The molecule has 0 saturated carbocycles. The van der Waals surface area contributed by atoms with Crippen LogP contribution in [0.1, 0.15) is 12.8 Å². The third kappa shape index (κ3) is 1.24. The Labute approximate surface area is 55.5 Å². The second-order valence-corrected chi connectivity index (χ2v) is 2.11. The van der Waals surface area contributed by atoms with Gasteiger partial charge in [-0.2, -0.15) is 0 Å². The van der Waals surface area contributed by atoms with Crippen LogP contribution in [0.2, 0.25) is 0 Å². The Morgan fingerprint density at radius 3 is 2.78 bits per heavy atom. The molecule has 0 amide bonds. The van der Waals surface area contributed by atoms with E-state index in [1.54, 1.807) is 14.2 Å². The Kier molecular flexibility index (Phi) is 2.11. The van der Waals surface area contributed by atoms with Crippen LogP contribution in [0.25, 0.3) is 0 Å². The van der Waals surface area contributed by atoms with Gasteiger partial charge in [-0.05, 0) is 18.9 Å². The maximum Gasteiger partial charge on any atom is 0.120 e. The normalized spacial score (nSPS) is 26.0. The first-order chi connectivity index (χ1) is 4.38. The highest BCUT2D eigenvalue weighted by molar-refractivity contribution is 5.06. The lowest BCUT2D eigenvalue weighted by Crippen LogP contribution is -2.09. The summed E-state index contributed by atoms with van der Waals surface area (Å²) in [5, 5.41) is 0. The quantitative estimate of drug-likeness (QED) is 0.558. The van der Waals surface area contributed by atoms with E-state index in [2.05, 4.69) is 6.08 Å². The van der Waals surface area contributed by atoms with Crippen molar-refractivity contribution in [2.24, 2.45) is 0 Å². The van der Waals surface area contributed by atoms with Gasteiger partial charge in [0.1, 0.15) is 11.9 Å². The van der Waals surface area contributed by atoms with E-state index in [1.165, 1.54) is 0 Å². The minimum atomic E-state index is 0.218. The van der Waals surface area contributed by atoms with Gasteiger partial charge in [0.2, 0.25) is 0 Å². The largest absolute Gasteiger partial charge is 0.499 e. The fourth-order valence-electron chi connectivity index (χ4n) is 1.10. The summed E-state index contributed by atoms with van der Waals surface area (Å²) in [5.41, 5.74) is 0. The monoisotopic (exact) mass is 128 g/mol. The zero-order chi connectivity index (χ0) is 6.69. The number of methoxy groups -OCH3 is 2. The SMILES string of the molecule is COC1=CCCC1OC. The van der Waals surface area contributed by atoms with E-state index in [-0.39, 0.29) is 6.10 Å². The van der Waals surface area contributed by atoms with E-state index in [0.29, 0.717) is 0 Å². The number of rotatable bonds is 2. The smallest absolute Gasteiger partial charge is 0.120 e. The Hall–Kier alpha value is -0.500. The standard InChI is InChI=1S/C7H12O2/c1-8-6-4-3-5-7(6)9-2/h4,7H,3,5H2,1-2H3. The van der Waals surface area contributed by atoms with Gasteiger partial charge < -0.3 is 9.47 Å². The van der Waals surface area contributed by atoms with Crippen molar-refractivity contribution < 1.29 is 9.47 Å². The Morgan fingerprint density at radius 2 is 2.33 bits per heavy atom. The Balaban J connectivity index is 2.47. The molecule has 9 heavy (non-hydrogen) atoms. The van der Waals surface area contributed by atoms with Gasteiger partial charge >= 0.3 is 0 Å². The minimum absolute atomic E-state index is 0.218. The molecule has 1 rings (SSSR count). The first-order valence-electron chi connectivity index (χ1n) is 3.15. The number of ether oxygens (including phenoxy) is 2. The molecule has 0 fully saturated rings. The van der Waals surface area contributed by atoms with Crippen molar-refractivity contribution in [3.8, 4) is 0 Å². The van der Waals surface area contributed by atoms with Gasteiger partial charge in [-0.25, -0.2) is 0 Å². The summed E-state index contributed by atoms with van der Waals surface area (Å²) in [7, 11) is 3.39.